The highest BCUT2D eigenvalue weighted by Crippen LogP contribution is 2.65. The standard InChI is InChI=1S/C22H34F2.C3H8.C2H6/c1-4-19-13(2)11-20-18-8-5-14-12-15(21(23)24)6-7-16(14)17(18)9-10-22(19,20)3;1-3-2;1-2/h4,13-18,20-21H,5-12H2,1-3H3;3H2,1-2H3;1-2H3/b19-4-;;. The van der Waals surface area contributed by atoms with Crippen molar-refractivity contribution in [2.45, 2.75) is 113 Å². The van der Waals surface area contributed by atoms with Gasteiger partial charge in [-0.2, -0.15) is 0 Å². The summed E-state index contributed by atoms with van der Waals surface area (Å²) in [4.78, 5) is 0. The molecule has 0 spiro atoms. The lowest BCUT2D eigenvalue weighted by Crippen LogP contribution is -2.47. The topological polar surface area (TPSA) is 0 Å². The molecule has 4 saturated carbocycles. The fourth-order valence-corrected chi connectivity index (χ4v) is 7.92. The van der Waals surface area contributed by atoms with E-state index in [4.69, 9.17) is 0 Å². The summed E-state index contributed by atoms with van der Waals surface area (Å²) in [5.41, 5.74) is 2.15. The first-order valence-corrected chi connectivity index (χ1v) is 12.8. The normalized spacial score (nSPS) is 44.6. The maximum Gasteiger partial charge on any atom is 0.241 e. The smallest absolute Gasteiger partial charge is 0.210 e. The molecule has 4 aliphatic rings. The van der Waals surface area contributed by atoms with Crippen LogP contribution in [0.1, 0.15) is 106 Å². The van der Waals surface area contributed by atoms with Crippen LogP contribution in [0.4, 0.5) is 8.78 Å². The summed E-state index contributed by atoms with van der Waals surface area (Å²) in [6.07, 6.45) is 10.8. The summed E-state index contributed by atoms with van der Waals surface area (Å²) >= 11 is 0. The Labute approximate surface area is 180 Å². The number of fused-ring (bicyclic) bond motifs is 5. The van der Waals surface area contributed by atoms with Crippen LogP contribution in [-0.2, 0) is 0 Å². The minimum Gasteiger partial charge on any atom is -0.210 e. The van der Waals surface area contributed by atoms with Crippen molar-refractivity contribution in [1.29, 1.82) is 0 Å². The minimum absolute atomic E-state index is 0.308. The van der Waals surface area contributed by atoms with Gasteiger partial charge in [0.25, 0.3) is 0 Å². The number of hydrogen-bond donors (Lipinski definition) is 0. The molecule has 4 rings (SSSR count). The van der Waals surface area contributed by atoms with Gasteiger partial charge in [-0.1, -0.05) is 59.6 Å². The lowest BCUT2D eigenvalue weighted by Gasteiger charge is -2.55. The van der Waals surface area contributed by atoms with Crippen LogP contribution in [0.2, 0.25) is 0 Å². The number of allylic oxidation sites excluding steroid dienone is 2. The van der Waals surface area contributed by atoms with Crippen molar-refractivity contribution in [3.63, 3.8) is 0 Å². The molecule has 0 N–H and O–H groups in total. The molecule has 0 aliphatic heterocycles. The van der Waals surface area contributed by atoms with Gasteiger partial charge in [-0.15, -0.1) is 0 Å². The van der Waals surface area contributed by atoms with Crippen molar-refractivity contribution in [3.05, 3.63) is 11.6 Å². The predicted molar refractivity (Wildman–Crippen MR) is 122 cm³/mol. The summed E-state index contributed by atoms with van der Waals surface area (Å²) in [5.74, 6) is 4.36. The van der Waals surface area contributed by atoms with Crippen LogP contribution in [0.3, 0.4) is 0 Å². The van der Waals surface area contributed by atoms with E-state index in [0.29, 0.717) is 11.3 Å². The molecule has 2 heteroatoms. The van der Waals surface area contributed by atoms with Gasteiger partial charge in [-0.05, 0) is 99.2 Å². The van der Waals surface area contributed by atoms with Crippen molar-refractivity contribution in [2.75, 3.05) is 0 Å². The highest BCUT2D eigenvalue weighted by atomic mass is 19.3. The SMILES string of the molecule is C/C=C1/C(C)CC2C3CCC4CC(C(F)F)CCC4C3CCC12C.CC.CCC. The first-order valence-electron chi connectivity index (χ1n) is 12.8. The van der Waals surface area contributed by atoms with Crippen LogP contribution in [-0.4, -0.2) is 6.43 Å². The van der Waals surface area contributed by atoms with Gasteiger partial charge >= 0.3 is 0 Å². The second-order valence-electron chi connectivity index (χ2n) is 10.4. The summed E-state index contributed by atoms with van der Waals surface area (Å²) in [7, 11) is 0. The Morgan fingerprint density at radius 2 is 1.59 bits per heavy atom. The first kappa shape index (κ1) is 24.9. The van der Waals surface area contributed by atoms with Gasteiger partial charge in [-0.25, -0.2) is 8.78 Å². The molecule has 8 unspecified atom stereocenters. The molecule has 0 saturated heterocycles. The fraction of sp³-hybridized carbons (Fsp3) is 0.926. The van der Waals surface area contributed by atoms with E-state index in [1.165, 1.54) is 38.5 Å². The molecule has 0 radical (unpaired) electrons. The number of alkyl halides is 2. The molecule has 0 aromatic heterocycles. The second kappa shape index (κ2) is 10.8. The molecule has 8 atom stereocenters. The van der Waals surface area contributed by atoms with Crippen LogP contribution in [0, 0.1) is 46.8 Å². The number of hydrogen-bond acceptors (Lipinski definition) is 0. The maximum absolute atomic E-state index is 13.2. The molecule has 4 aliphatic carbocycles. The van der Waals surface area contributed by atoms with Gasteiger partial charge < -0.3 is 0 Å². The van der Waals surface area contributed by atoms with E-state index in [1.807, 2.05) is 13.8 Å². The third-order valence-corrected chi connectivity index (χ3v) is 8.85. The van der Waals surface area contributed by atoms with Crippen molar-refractivity contribution in [2.24, 2.45) is 46.8 Å². The zero-order valence-electron chi connectivity index (χ0n) is 20.3. The quantitative estimate of drug-likeness (QED) is 0.378. The molecule has 0 aromatic carbocycles. The van der Waals surface area contributed by atoms with Crippen molar-refractivity contribution in [3.8, 4) is 0 Å². The van der Waals surface area contributed by atoms with Gasteiger partial charge in [-0.3, -0.25) is 0 Å². The van der Waals surface area contributed by atoms with E-state index in [-0.39, 0.29) is 5.92 Å². The van der Waals surface area contributed by atoms with Crippen LogP contribution in [0.15, 0.2) is 11.6 Å². The molecular weight excluding hydrogens is 362 g/mol. The van der Waals surface area contributed by atoms with E-state index in [2.05, 4.69) is 40.7 Å². The lowest BCUT2D eigenvalue weighted by molar-refractivity contribution is -0.0657. The molecule has 29 heavy (non-hydrogen) atoms. The third-order valence-electron chi connectivity index (χ3n) is 8.85. The predicted octanol–water partition coefficient (Wildman–Crippen LogP) is 9.16. The highest BCUT2D eigenvalue weighted by molar-refractivity contribution is 5.25. The van der Waals surface area contributed by atoms with Gasteiger partial charge in [0.1, 0.15) is 0 Å². The zero-order chi connectivity index (χ0) is 21.8. The zero-order valence-corrected chi connectivity index (χ0v) is 20.3. The molecular formula is C27H48F2. The molecule has 0 amide bonds. The molecule has 0 bridgehead atoms. The van der Waals surface area contributed by atoms with Gasteiger partial charge in [0, 0.05) is 5.92 Å². The molecule has 4 fully saturated rings. The Balaban J connectivity index is 0.000000551. The Kier molecular flexibility index (Phi) is 9.23. The lowest BCUT2D eigenvalue weighted by atomic mass is 9.50. The van der Waals surface area contributed by atoms with E-state index < -0.39 is 6.43 Å². The maximum atomic E-state index is 13.2. The minimum atomic E-state index is -2.09. The number of rotatable bonds is 1. The summed E-state index contributed by atoms with van der Waals surface area (Å²) in [5, 5.41) is 0. The average molecular weight is 411 g/mol. The Morgan fingerprint density at radius 1 is 0.966 bits per heavy atom. The van der Waals surface area contributed by atoms with E-state index in [0.717, 1.165) is 48.9 Å². The summed E-state index contributed by atoms with van der Waals surface area (Å²) in [6, 6.07) is 0. The monoisotopic (exact) mass is 410 g/mol. The van der Waals surface area contributed by atoms with Crippen molar-refractivity contribution in [1.82, 2.24) is 0 Å². The molecule has 170 valence electrons. The Morgan fingerprint density at radius 3 is 2.17 bits per heavy atom. The van der Waals surface area contributed by atoms with E-state index >= 15 is 0 Å². The van der Waals surface area contributed by atoms with E-state index in [1.54, 1.807) is 5.57 Å². The van der Waals surface area contributed by atoms with Crippen LogP contribution >= 0.6 is 0 Å². The molecule has 0 aromatic rings. The van der Waals surface area contributed by atoms with Crippen molar-refractivity contribution >= 4 is 0 Å². The molecule has 0 nitrogen and oxygen atoms in total. The van der Waals surface area contributed by atoms with Crippen LogP contribution < -0.4 is 0 Å². The van der Waals surface area contributed by atoms with Crippen LogP contribution in [0.25, 0.3) is 0 Å². The average Bonchev–Trinajstić information content (AvgIpc) is 2.98. The van der Waals surface area contributed by atoms with Crippen LogP contribution in [0.5, 0.6) is 0 Å². The highest BCUT2D eigenvalue weighted by Gasteiger charge is 2.56. The van der Waals surface area contributed by atoms with E-state index in [9.17, 15) is 8.78 Å². The van der Waals surface area contributed by atoms with Gasteiger partial charge in [0.15, 0.2) is 0 Å². The number of halogens is 2. The van der Waals surface area contributed by atoms with Crippen molar-refractivity contribution < 1.29 is 8.78 Å². The Hall–Kier alpha value is -0.400. The Bertz CT molecular complexity index is 525. The third kappa shape index (κ3) is 4.77. The largest absolute Gasteiger partial charge is 0.241 e. The fourth-order valence-electron chi connectivity index (χ4n) is 7.92. The summed E-state index contributed by atoms with van der Waals surface area (Å²) < 4.78 is 26.3. The second-order valence-corrected chi connectivity index (χ2v) is 10.4. The molecule has 0 heterocycles. The van der Waals surface area contributed by atoms with Gasteiger partial charge in [0.05, 0.1) is 0 Å². The first-order chi connectivity index (χ1) is 13.9. The van der Waals surface area contributed by atoms with Gasteiger partial charge in [0.2, 0.25) is 6.43 Å². The summed E-state index contributed by atoms with van der Waals surface area (Å²) in [6.45, 7) is 15.4.